The highest BCUT2D eigenvalue weighted by Gasteiger charge is 2.16. The van der Waals surface area contributed by atoms with Crippen LogP contribution in [0.1, 0.15) is 15.9 Å². The molecule has 2 rings (SSSR count). The van der Waals surface area contributed by atoms with Gasteiger partial charge in [-0.25, -0.2) is 4.39 Å². The molecular weight excluding hydrogens is 229 g/mol. The molecular formula is C15H10FNO. The van der Waals surface area contributed by atoms with Crippen molar-refractivity contribution in [3.8, 4) is 23.5 Å². The molecule has 3 heteroatoms. The van der Waals surface area contributed by atoms with Gasteiger partial charge in [-0.15, -0.1) is 6.42 Å². The lowest BCUT2D eigenvalue weighted by Gasteiger charge is -2.09. The van der Waals surface area contributed by atoms with Gasteiger partial charge in [0, 0.05) is 11.1 Å². The Balaban J connectivity index is 2.78. The van der Waals surface area contributed by atoms with E-state index in [0.717, 1.165) is 0 Å². The van der Waals surface area contributed by atoms with Crippen LogP contribution in [-0.2, 0) is 0 Å². The van der Waals surface area contributed by atoms with Crippen molar-refractivity contribution in [1.29, 1.82) is 0 Å². The number of rotatable bonds is 2. The van der Waals surface area contributed by atoms with Crippen LogP contribution in [0.2, 0.25) is 0 Å². The number of amides is 1. The van der Waals surface area contributed by atoms with Crippen molar-refractivity contribution in [3.63, 3.8) is 0 Å². The first-order valence-corrected chi connectivity index (χ1v) is 5.29. The molecule has 0 atom stereocenters. The van der Waals surface area contributed by atoms with Gasteiger partial charge in [-0.05, 0) is 17.7 Å². The number of halogens is 1. The number of primary amides is 1. The monoisotopic (exact) mass is 239 g/mol. The minimum absolute atomic E-state index is 0.151. The van der Waals surface area contributed by atoms with Crippen LogP contribution in [0, 0.1) is 18.2 Å². The molecule has 0 aliphatic carbocycles. The molecule has 0 fully saturated rings. The van der Waals surface area contributed by atoms with E-state index in [1.165, 1.54) is 12.1 Å². The van der Waals surface area contributed by atoms with E-state index in [2.05, 4.69) is 5.92 Å². The maximum absolute atomic E-state index is 13.9. The molecule has 0 aliphatic heterocycles. The highest BCUT2D eigenvalue weighted by molar-refractivity contribution is 5.98. The summed E-state index contributed by atoms with van der Waals surface area (Å²) in [5.41, 5.74) is 6.42. The van der Waals surface area contributed by atoms with Gasteiger partial charge in [0.15, 0.2) is 0 Å². The second-order valence-corrected chi connectivity index (χ2v) is 3.72. The number of carbonyl (C=O) groups excluding carboxylic acids is 1. The normalized spacial score (nSPS) is 9.78. The third-order valence-electron chi connectivity index (χ3n) is 2.63. The number of nitrogens with two attached hydrogens (primary N) is 1. The Morgan fingerprint density at radius 1 is 1.17 bits per heavy atom. The van der Waals surface area contributed by atoms with Gasteiger partial charge >= 0.3 is 0 Å². The maximum atomic E-state index is 13.9. The fourth-order valence-electron chi connectivity index (χ4n) is 1.82. The molecule has 0 bridgehead atoms. The summed E-state index contributed by atoms with van der Waals surface area (Å²) in [5.74, 6) is 1.20. The topological polar surface area (TPSA) is 43.1 Å². The standard InChI is InChI=1S/C15H10FNO/c1-2-11-12(15(17)18)8-9-13(16)14(11)10-6-4-3-5-7-10/h1,3-9H,(H2,17,18). The second kappa shape index (κ2) is 4.72. The first kappa shape index (κ1) is 11.9. The van der Waals surface area contributed by atoms with Crippen LogP contribution in [0.5, 0.6) is 0 Å². The summed E-state index contributed by atoms with van der Waals surface area (Å²) in [6, 6.07) is 11.3. The summed E-state index contributed by atoms with van der Waals surface area (Å²) >= 11 is 0. The molecule has 0 radical (unpaired) electrons. The lowest BCUT2D eigenvalue weighted by atomic mass is 9.95. The first-order valence-electron chi connectivity index (χ1n) is 5.29. The van der Waals surface area contributed by atoms with E-state index in [9.17, 15) is 9.18 Å². The van der Waals surface area contributed by atoms with Crippen molar-refractivity contribution < 1.29 is 9.18 Å². The summed E-state index contributed by atoms with van der Waals surface area (Å²) in [5, 5.41) is 0. The van der Waals surface area contributed by atoms with Crippen LogP contribution >= 0.6 is 0 Å². The molecule has 2 aromatic rings. The van der Waals surface area contributed by atoms with E-state index in [1.54, 1.807) is 24.3 Å². The van der Waals surface area contributed by atoms with Crippen molar-refractivity contribution in [2.24, 2.45) is 5.73 Å². The zero-order chi connectivity index (χ0) is 13.1. The van der Waals surface area contributed by atoms with Crippen LogP contribution in [-0.4, -0.2) is 5.91 Å². The van der Waals surface area contributed by atoms with Crippen molar-refractivity contribution in [2.75, 3.05) is 0 Å². The zero-order valence-corrected chi connectivity index (χ0v) is 9.48. The Hall–Kier alpha value is -2.60. The highest BCUT2D eigenvalue weighted by Crippen LogP contribution is 2.28. The van der Waals surface area contributed by atoms with Gasteiger partial charge in [-0.2, -0.15) is 0 Å². The van der Waals surface area contributed by atoms with Gasteiger partial charge in [0.2, 0.25) is 5.91 Å². The van der Waals surface area contributed by atoms with Crippen LogP contribution in [0.15, 0.2) is 42.5 Å². The molecule has 0 saturated carbocycles. The van der Waals surface area contributed by atoms with Crippen molar-refractivity contribution in [1.82, 2.24) is 0 Å². The lowest BCUT2D eigenvalue weighted by Crippen LogP contribution is -2.14. The lowest BCUT2D eigenvalue weighted by molar-refractivity contribution is 0.1000. The summed E-state index contributed by atoms with van der Waals surface area (Å²) in [6.45, 7) is 0. The van der Waals surface area contributed by atoms with Gasteiger partial charge in [-0.1, -0.05) is 36.3 Å². The van der Waals surface area contributed by atoms with Gasteiger partial charge in [0.1, 0.15) is 5.82 Å². The number of hydrogen-bond acceptors (Lipinski definition) is 1. The zero-order valence-electron chi connectivity index (χ0n) is 9.48. The van der Waals surface area contributed by atoms with Crippen molar-refractivity contribution >= 4 is 5.91 Å². The minimum atomic E-state index is -0.667. The first-order chi connectivity index (χ1) is 8.65. The fraction of sp³-hybridized carbons (Fsp3) is 0. The minimum Gasteiger partial charge on any atom is -0.366 e. The summed E-state index contributed by atoms with van der Waals surface area (Å²) in [7, 11) is 0. The summed E-state index contributed by atoms with van der Waals surface area (Å²) < 4.78 is 13.9. The molecule has 0 aromatic heterocycles. The molecule has 2 N–H and O–H groups in total. The molecule has 18 heavy (non-hydrogen) atoms. The number of carbonyl (C=O) groups is 1. The molecule has 2 nitrogen and oxygen atoms in total. The predicted octanol–water partition coefficient (Wildman–Crippen LogP) is 2.57. The highest BCUT2D eigenvalue weighted by atomic mass is 19.1. The molecule has 0 unspecified atom stereocenters. The Kier molecular flexibility index (Phi) is 3.11. The third-order valence-corrected chi connectivity index (χ3v) is 2.63. The Bertz CT molecular complexity index is 642. The third kappa shape index (κ3) is 1.96. The van der Waals surface area contributed by atoms with E-state index in [4.69, 9.17) is 12.2 Å². The van der Waals surface area contributed by atoms with Gasteiger partial charge in [0.05, 0.1) is 5.56 Å². The van der Waals surface area contributed by atoms with Crippen LogP contribution in [0.25, 0.3) is 11.1 Å². The van der Waals surface area contributed by atoms with Crippen LogP contribution in [0.3, 0.4) is 0 Å². The Labute approximate surface area is 104 Å². The number of benzene rings is 2. The van der Waals surface area contributed by atoms with E-state index < -0.39 is 11.7 Å². The van der Waals surface area contributed by atoms with E-state index in [1.807, 2.05) is 6.07 Å². The molecule has 0 aliphatic rings. The van der Waals surface area contributed by atoms with E-state index in [0.29, 0.717) is 5.56 Å². The average molecular weight is 239 g/mol. The molecule has 88 valence electrons. The van der Waals surface area contributed by atoms with Crippen LogP contribution in [0.4, 0.5) is 4.39 Å². The van der Waals surface area contributed by atoms with Crippen molar-refractivity contribution in [2.45, 2.75) is 0 Å². The Morgan fingerprint density at radius 3 is 2.39 bits per heavy atom. The Morgan fingerprint density at radius 2 is 1.83 bits per heavy atom. The number of terminal acetylenes is 1. The largest absolute Gasteiger partial charge is 0.366 e. The predicted molar refractivity (Wildman–Crippen MR) is 68.3 cm³/mol. The van der Waals surface area contributed by atoms with Gasteiger partial charge in [0.25, 0.3) is 0 Å². The summed E-state index contributed by atoms with van der Waals surface area (Å²) in [6.07, 6.45) is 5.37. The second-order valence-electron chi connectivity index (χ2n) is 3.72. The number of hydrogen-bond donors (Lipinski definition) is 1. The smallest absolute Gasteiger partial charge is 0.249 e. The summed E-state index contributed by atoms with van der Waals surface area (Å²) in [4.78, 5) is 11.3. The molecule has 0 saturated heterocycles. The SMILES string of the molecule is C#Cc1c(C(N)=O)ccc(F)c1-c1ccccc1. The van der Waals surface area contributed by atoms with Crippen LogP contribution < -0.4 is 5.73 Å². The average Bonchev–Trinajstić information content (AvgIpc) is 2.38. The molecule has 0 heterocycles. The van der Waals surface area contributed by atoms with Gasteiger partial charge < -0.3 is 5.73 Å². The molecule has 0 spiro atoms. The molecule has 1 amide bonds. The van der Waals surface area contributed by atoms with E-state index in [-0.39, 0.29) is 16.7 Å². The van der Waals surface area contributed by atoms with E-state index >= 15 is 0 Å². The molecule has 2 aromatic carbocycles. The quantitative estimate of drug-likeness (QED) is 0.804. The van der Waals surface area contributed by atoms with Crippen molar-refractivity contribution in [3.05, 3.63) is 59.4 Å². The fourth-order valence-corrected chi connectivity index (χ4v) is 1.82. The maximum Gasteiger partial charge on any atom is 0.249 e. The van der Waals surface area contributed by atoms with Gasteiger partial charge in [-0.3, -0.25) is 4.79 Å².